The van der Waals surface area contributed by atoms with E-state index in [0.717, 1.165) is 0 Å². The molecule has 4 aromatic rings. The fourth-order valence-corrected chi connectivity index (χ4v) is 2.82. The normalized spacial score (nSPS) is 11.2. The number of benzene rings is 1. The molecule has 134 valence electrons. The monoisotopic (exact) mass is 368 g/mol. The number of rotatable bonds is 4. The van der Waals surface area contributed by atoms with Gasteiger partial charge >= 0.3 is 0 Å². The first-order chi connectivity index (χ1) is 13.1. The second-order valence-corrected chi connectivity index (χ2v) is 5.71. The average Bonchev–Trinajstić information content (AvgIpc) is 3.25. The van der Waals surface area contributed by atoms with Crippen LogP contribution in [0.5, 0.6) is 0 Å². The smallest absolute Gasteiger partial charge is 0.275 e. The van der Waals surface area contributed by atoms with Gasteiger partial charge in [-0.15, -0.1) is 4.52 Å². The van der Waals surface area contributed by atoms with E-state index in [2.05, 4.69) is 19.9 Å². The number of fused-ring (bicyclic) bond motifs is 1. The Morgan fingerprint density at radius 3 is 2.56 bits per heavy atom. The van der Waals surface area contributed by atoms with Crippen LogP contribution in [-0.2, 0) is 6.54 Å². The summed E-state index contributed by atoms with van der Waals surface area (Å²) in [6.45, 7) is 6.62. The van der Waals surface area contributed by atoms with E-state index >= 15 is 0 Å². The molecule has 27 heavy (non-hydrogen) atoms. The van der Waals surface area contributed by atoms with Gasteiger partial charge in [0.2, 0.25) is 5.65 Å². The van der Waals surface area contributed by atoms with Crippen LogP contribution in [-0.4, -0.2) is 30.6 Å². The summed E-state index contributed by atoms with van der Waals surface area (Å²) in [7, 11) is 0. The largest absolute Gasteiger partial charge is 0.360 e. The lowest BCUT2D eigenvalue weighted by molar-refractivity contribution is 0.127. The van der Waals surface area contributed by atoms with Gasteiger partial charge in [0.1, 0.15) is 11.5 Å². The molecule has 0 aliphatic rings. The van der Waals surface area contributed by atoms with E-state index < -0.39 is 18.8 Å². The van der Waals surface area contributed by atoms with E-state index in [1.807, 2.05) is 0 Å². The van der Waals surface area contributed by atoms with Crippen molar-refractivity contribution in [1.29, 1.82) is 0 Å². The maximum Gasteiger partial charge on any atom is 0.275 e. The predicted octanol–water partition coefficient (Wildman–Crippen LogP) is 4.21. The molecule has 0 aliphatic heterocycles. The van der Waals surface area contributed by atoms with Gasteiger partial charge in [-0.2, -0.15) is 0 Å². The highest BCUT2D eigenvalue weighted by Gasteiger charge is 2.20. The number of nitrogens with zero attached hydrogens (tertiary/aromatic N) is 6. The van der Waals surface area contributed by atoms with Crippen molar-refractivity contribution in [1.82, 2.24) is 24.1 Å². The van der Waals surface area contributed by atoms with Gasteiger partial charge < -0.3 is 9.41 Å². The molecule has 4 rings (SSSR count). The summed E-state index contributed by atoms with van der Waals surface area (Å²) in [5.41, 5.74) is 2.13. The van der Waals surface area contributed by atoms with Crippen LogP contribution in [0.25, 0.3) is 33.1 Å². The molecule has 0 unspecified atom stereocenters. The number of halogens is 3. The topological polar surface area (TPSA) is 52.4 Å². The molecule has 0 fully saturated rings. The zero-order valence-corrected chi connectivity index (χ0v) is 13.7. The van der Waals surface area contributed by atoms with E-state index in [4.69, 9.17) is 6.57 Å². The van der Waals surface area contributed by atoms with Gasteiger partial charge in [-0.1, -0.05) is 11.7 Å². The molecule has 3 aromatic heterocycles. The second kappa shape index (κ2) is 6.57. The van der Waals surface area contributed by atoms with E-state index in [-0.39, 0.29) is 5.82 Å². The second-order valence-electron chi connectivity index (χ2n) is 5.71. The van der Waals surface area contributed by atoms with Crippen molar-refractivity contribution >= 4 is 11.5 Å². The Hall–Kier alpha value is -3.67. The van der Waals surface area contributed by atoms with Crippen molar-refractivity contribution in [3.63, 3.8) is 0 Å². The molecule has 6 nitrogen and oxygen atoms in total. The fraction of sp³-hybridized carbons (Fsp3) is 0.111. The number of imidazole rings is 2. The molecule has 0 atom stereocenters. The van der Waals surface area contributed by atoms with Gasteiger partial charge in [-0.3, -0.25) is 0 Å². The first-order valence-electron chi connectivity index (χ1n) is 7.88. The Morgan fingerprint density at radius 2 is 1.85 bits per heavy atom. The standard InChI is InChI=1S/C18H11F3N6/c1-22-16-8-23-15-7-6-13(25-27(15)16)18-17(11-2-4-12(19)5-3-11)24-10-26(18)9-14(20)21/h2-8,10,14H,9H2. The third-order valence-electron chi connectivity index (χ3n) is 3.99. The van der Waals surface area contributed by atoms with Gasteiger partial charge in [0, 0.05) is 11.6 Å². The molecule has 0 saturated heterocycles. The first-order valence-corrected chi connectivity index (χ1v) is 7.88. The number of hydrogen-bond acceptors (Lipinski definition) is 3. The molecular weight excluding hydrogens is 357 g/mol. The third kappa shape index (κ3) is 3.01. The Labute approximate surface area is 151 Å². The van der Waals surface area contributed by atoms with Crippen LogP contribution in [0.4, 0.5) is 19.0 Å². The molecule has 0 amide bonds. The molecule has 3 heterocycles. The van der Waals surface area contributed by atoms with Crippen LogP contribution in [0.2, 0.25) is 0 Å². The molecule has 9 heteroatoms. The van der Waals surface area contributed by atoms with Crippen LogP contribution < -0.4 is 0 Å². The lowest BCUT2D eigenvalue weighted by atomic mass is 10.1. The summed E-state index contributed by atoms with van der Waals surface area (Å²) in [4.78, 5) is 11.7. The predicted molar refractivity (Wildman–Crippen MR) is 91.9 cm³/mol. The van der Waals surface area contributed by atoms with Crippen LogP contribution in [0.1, 0.15) is 0 Å². The Bertz CT molecular complexity index is 1150. The van der Waals surface area contributed by atoms with Crippen molar-refractivity contribution in [2.75, 3.05) is 0 Å². The molecule has 0 bridgehead atoms. The highest BCUT2D eigenvalue weighted by atomic mass is 19.3. The van der Waals surface area contributed by atoms with Crippen LogP contribution in [0.3, 0.4) is 0 Å². The lowest BCUT2D eigenvalue weighted by Crippen LogP contribution is -2.08. The average molecular weight is 368 g/mol. The van der Waals surface area contributed by atoms with E-state index in [9.17, 15) is 13.2 Å². The highest BCUT2D eigenvalue weighted by Crippen LogP contribution is 2.31. The summed E-state index contributed by atoms with van der Waals surface area (Å²) in [6, 6.07) is 8.86. The summed E-state index contributed by atoms with van der Waals surface area (Å²) in [5, 5.41) is 4.38. The molecule has 0 N–H and O–H groups in total. The van der Waals surface area contributed by atoms with Gasteiger partial charge in [0.25, 0.3) is 12.2 Å². The maximum atomic E-state index is 13.2. The van der Waals surface area contributed by atoms with Gasteiger partial charge in [-0.05, 0) is 30.3 Å². The molecular formula is C18H11F3N6. The Morgan fingerprint density at radius 1 is 1.07 bits per heavy atom. The van der Waals surface area contributed by atoms with E-state index in [0.29, 0.717) is 28.3 Å². The highest BCUT2D eigenvalue weighted by molar-refractivity contribution is 5.77. The van der Waals surface area contributed by atoms with Crippen LogP contribution >= 0.6 is 0 Å². The van der Waals surface area contributed by atoms with Gasteiger partial charge in [0.05, 0.1) is 30.5 Å². The van der Waals surface area contributed by atoms with Crippen molar-refractivity contribution < 1.29 is 13.2 Å². The Balaban J connectivity index is 1.93. The van der Waals surface area contributed by atoms with Crippen molar-refractivity contribution in [3.8, 4) is 22.6 Å². The SMILES string of the molecule is [C-]#[N+]c1cnc2ccc(-c3c(-c4ccc(F)cc4)ncn3CC(F)F)nn12. The summed E-state index contributed by atoms with van der Waals surface area (Å²) in [6.07, 6.45) is 0.0986. The molecule has 0 aliphatic carbocycles. The minimum Gasteiger partial charge on any atom is -0.360 e. The van der Waals surface area contributed by atoms with E-state index in [1.54, 1.807) is 12.1 Å². The summed E-state index contributed by atoms with van der Waals surface area (Å²) < 4.78 is 41.9. The quantitative estimate of drug-likeness (QED) is 0.507. The van der Waals surface area contributed by atoms with Crippen molar-refractivity contribution in [2.24, 2.45) is 0 Å². The Kier molecular flexibility index (Phi) is 4.08. The van der Waals surface area contributed by atoms with Crippen LogP contribution in [0, 0.1) is 12.4 Å². The molecule has 0 saturated carbocycles. The zero-order chi connectivity index (χ0) is 19.0. The van der Waals surface area contributed by atoms with Crippen molar-refractivity contribution in [2.45, 2.75) is 13.0 Å². The minimum atomic E-state index is -2.59. The fourth-order valence-electron chi connectivity index (χ4n) is 2.82. The van der Waals surface area contributed by atoms with Crippen LogP contribution in [0.15, 0.2) is 48.9 Å². The number of alkyl halides is 2. The first kappa shape index (κ1) is 16.8. The number of hydrogen-bond donors (Lipinski definition) is 0. The van der Waals surface area contributed by atoms with E-state index in [1.165, 1.54) is 45.9 Å². The van der Waals surface area contributed by atoms with Gasteiger partial charge in [-0.25, -0.2) is 23.1 Å². The zero-order valence-electron chi connectivity index (χ0n) is 13.7. The summed E-state index contributed by atoms with van der Waals surface area (Å²) >= 11 is 0. The molecule has 1 aromatic carbocycles. The molecule has 0 spiro atoms. The third-order valence-corrected chi connectivity index (χ3v) is 3.99. The van der Waals surface area contributed by atoms with Crippen molar-refractivity contribution in [3.05, 3.63) is 66.2 Å². The maximum absolute atomic E-state index is 13.2. The van der Waals surface area contributed by atoms with Gasteiger partial charge in [0.15, 0.2) is 0 Å². The summed E-state index contributed by atoms with van der Waals surface area (Å²) in [5.74, 6) is -0.206. The molecule has 0 radical (unpaired) electrons. The minimum absolute atomic E-state index is 0.204. The lowest BCUT2D eigenvalue weighted by Gasteiger charge is -2.09. The number of aromatic nitrogens is 5.